The first-order valence-electron chi connectivity index (χ1n) is 7.13. The molecule has 0 bridgehead atoms. The van der Waals surface area contributed by atoms with Crippen molar-refractivity contribution in [3.8, 4) is 11.3 Å². The molecule has 3 aromatic rings. The van der Waals surface area contributed by atoms with Gasteiger partial charge in [0.25, 0.3) is 0 Å². The van der Waals surface area contributed by atoms with Gasteiger partial charge in [-0.25, -0.2) is 8.42 Å². The summed E-state index contributed by atoms with van der Waals surface area (Å²) >= 11 is 12.1. The lowest BCUT2D eigenvalue weighted by Gasteiger charge is -2.12. The van der Waals surface area contributed by atoms with Crippen molar-refractivity contribution >= 4 is 33.0 Å². The molecule has 0 aliphatic heterocycles. The van der Waals surface area contributed by atoms with E-state index in [1.807, 2.05) is 18.2 Å². The van der Waals surface area contributed by atoms with Crippen LogP contribution >= 0.6 is 23.2 Å². The van der Waals surface area contributed by atoms with Crippen LogP contribution in [0.1, 0.15) is 10.3 Å². The van der Waals surface area contributed by atoms with Crippen LogP contribution in [0.25, 0.3) is 11.3 Å². The molecular weight excluding hydrogens is 365 g/mol. The van der Waals surface area contributed by atoms with Gasteiger partial charge in [0.1, 0.15) is 0 Å². The minimum absolute atomic E-state index is 0.153. The van der Waals surface area contributed by atoms with E-state index < -0.39 is 14.5 Å². The molecule has 0 fully saturated rings. The summed E-state index contributed by atoms with van der Waals surface area (Å²) in [5.41, 5.74) is 1.90. The van der Waals surface area contributed by atoms with Gasteiger partial charge in [-0.1, -0.05) is 53.5 Å². The molecule has 0 N–H and O–H groups in total. The van der Waals surface area contributed by atoms with Crippen molar-refractivity contribution in [3.05, 3.63) is 83.5 Å². The summed E-state index contributed by atoms with van der Waals surface area (Å²) in [6, 6.07) is 18.5. The van der Waals surface area contributed by atoms with E-state index in [9.17, 15) is 8.42 Å². The minimum atomic E-state index is -3.74. The normalized spacial score (nSPS) is 12.8. The zero-order chi connectivity index (χ0) is 17.2. The van der Waals surface area contributed by atoms with Crippen LogP contribution in [0.3, 0.4) is 0 Å². The molecule has 0 saturated heterocycles. The summed E-state index contributed by atoms with van der Waals surface area (Å²) < 4.78 is 24.4. The monoisotopic (exact) mass is 377 g/mol. The summed E-state index contributed by atoms with van der Waals surface area (Å²) in [6.45, 7) is 0. The first-order chi connectivity index (χ1) is 11.5. The van der Waals surface area contributed by atoms with Crippen molar-refractivity contribution in [3.63, 3.8) is 0 Å². The van der Waals surface area contributed by atoms with Gasteiger partial charge >= 0.3 is 0 Å². The molecule has 0 spiro atoms. The van der Waals surface area contributed by atoms with Crippen LogP contribution in [0.15, 0.2) is 77.8 Å². The fraction of sp³-hybridized carbons (Fsp3) is 0.0556. The lowest BCUT2D eigenvalue weighted by Crippen LogP contribution is -2.09. The average Bonchev–Trinajstić information content (AvgIpc) is 2.62. The number of nitrogens with zero attached hydrogens (tertiary/aromatic N) is 1. The molecule has 2 aromatic carbocycles. The van der Waals surface area contributed by atoms with Gasteiger partial charge in [-0.05, 0) is 42.0 Å². The van der Waals surface area contributed by atoms with E-state index in [-0.39, 0.29) is 4.90 Å². The van der Waals surface area contributed by atoms with Crippen LogP contribution in [0.4, 0.5) is 0 Å². The Kier molecular flexibility index (Phi) is 4.90. The fourth-order valence-electron chi connectivity index (χ4n) is 2.28. The Morgan fingerprint density at radius 1 is 0.917 bits per heavy atom. The number of aromatic nitrogens is 1. The third-order valence-electron chi connectivity index (χ3n) is 3.53. The van der Waals surface area contributed by atoms with E-state index in [0.29, 0.717) is 16.3 Å². The standard InChI is InChI=1S/C18H13Cl2NO2S/c19-15-9-7-13(8-10-15)18(20)24(22,23)16-5-3-4-14(12-16)17-6-1-2-11-21-17/h1-12,18H. The highest BCUT2D eigenvalue weighted by molar-refractivity contribution is 7.92. The van der Waals surface area contributed by atoms with E-state index in [4.69, 9.17) is 23.2 Å². The zero-order valence-corrected chi connectivity index (χ0v) is 14.8. The predicted octanol–water partition coefficient (Wildman–Crippen LogP) is 5.11. The Balaban J connectivity index is 1.99. The van der Waals surface area contributed by atoms with E-state index in [0.717, 1.165) is 5.56 Å². The van der Waals surface area contributed by atoms with E-state index in [2.05, 4.69) is 4.98 Å². The minimum Gasteiger partial charge on any atom is -0.256 e. The average molecular weight is 378 g/mol. The lowest BCUT2D eigenvalue weighted by molar-refractivity contribution is 0.594. The lowest BCUT2D eigenvalue weighted by atomic mass is 10.1. The molecule has 0 saturated carbocycles. The van der Waals surface area contributed by atoms with Gasteiger partial charge in [0.2, 0.25) is 0 Å². The molecule has 0 aliphatic rings. The Bertz CT molecular complexity index is 942. The van der Waals surface area contributed by atoms with E-state index in [1.165, 1.54) is 6.07 Å². The Morgan fingerprint density at radius 2 is 1.67 bits per heavy atom. The molecular formula is C18H13Cl2NO2S. The molecule has 0 aliphatic carbocycles. The molecule has 1 aromatic heterocycles. The van der Waals surface area contributed by atoms with E-state index in [1.54, 1.807) is 48.7 Å². The zero-order valence-electron chi connectivity index (χ0n) is 12.4. The summed E-state index contributed by atoms with van der Waals surface area (Å²) in [4.78, 5) is 4.40. The van der Waals surface area contributed by atoms with Gasteiger partial charge in [0.15, 0.2) is 14.5 Å². The van der Waals surface area contributed by atoms with Crippen LogP contribution in [-0.2, 0) is 9.84 Å². The second kappa shape index (κ2) is 6.93. The van der Waals surface area contributed by atoms with Gasteiger partial charge in [0.05, 0.1) is 10.6 Å². The third-order valence-corrected chi connectivity index (χ3v) is 6.46. The van der Waals surface area contributed by atoms with Crippen molar-refractivity contribution in [2.24, 2.45) is 0 Å². The molecule has 0 radical (unpaired) electrons. The molecule has 1 unspecified atom stereocenters. The number of alkyl halides is 1. The smallest absolute Gasteiger partial charge is 0.199 e. The number of hydrogen-bond donors (Lipinski definition) is 0. The molecule has 6 heteroatoms. The number of hydrogen-bond acceptors (Lipinski definition) is 3. The first kappa shape index (κ1) is 17.0. The predicted molar refractivity (Wildman–Crippen MR) is 96.9 cm³/mol. The second-order valence-corrected chi connectivity index (χ2v) is 8.32. The Morgan fingerprint density at radius 3 is 2.33 bits per heavy atom. The first-order valence-corrected chi connectivity index (χ1v) is 9.49. The van der Waals surface area contributed by atoms with Crippen LogP contribution < -0.4 is 0 Å². The topological polar surface area (TPSA) is 47.0 Å². The van der Waals surface area contributed by atoms with Gasteiger partial charge in [-0.3, -0.25) is 4.98 Å². The van der Waals surface area contributed by atoms with Crippen molar-refractivity contribution in [1.82, 2.24) is 4.98 Å². The van der Waals surface area contributed by atoms with Gasteiger partial charge in [-0.15, -0.1) is 0 Å². The highest BCUT2D eigenvalue weighted by atomic mass is 35.5. The number of sulfone groups is 1. The maximum absolute atomic E-state index is 12.8. The van der Waals surface area contributed by atoms with E-state index >= 15 is 0 Å². The summed E-state index contributed by atoms with van der Waals surface area (Å²) in [5.74, 6) is 0. The Labute approximate surface area is 150 Å². The molecule has 24 heavy (non-hydrogen) atoms. The largest absolute Gasteiger partial charge is 0.256 e. The van der Waals surface area contributed by atoms with Crippen molar-refractivity contribution in [1.29, 1.82) is 0 Å². The third kappa shape index (κ3) is 3.46. The highest BCUT2D eigenvalue weighted by Crippen LogP contribution is 2.34. The molecule has 0 amide bonds. The Hall–Kier alpha value is -1.88. The van der Waals surface area contributed by atoms with Crippen molar-refractivity contribution < 1.29 is 8.42 Å². The van der Waals surface area contributed by atoms with Gasteiger partial charge in [0, 0.05) is 16.8 Å². The molecule has 122 valence electrons. The molecule has 3 nitrogen and oxygen atoms in total. The summed E-state index contributed by atoms with van der Waals surface area (Å²) in [5, 5.41) is 0.525. The van der Waals surface area contributed by atoms with Gasteiger partial charge in [-0.2, -0.15) is 0 Å². The quantitative estimate of drug-likeness (QED) is 0.593. The second-order valence-electron chi connectivity index (χ2n) is 5.16. The van der Waals surface area contributed by atoms with Crippen LogP contribution in [0.2, 0.25) is 5.02 Å². The highest BCUT2D eigenvalue weighted by Gasteiger charge is 2.27. The van der Waals surface area contributed by atoms with Crippen molar-refractivity contribution in [2.75, 3.05) is 0 Å². The number of pyridine rings is 1. The fourth-order valence-corrected chi connectivity index (χ4v) is 4.17. The number of rotatable bonds is 4. The van der Waals surface area contributed by atoms with Crippen LogP contribution in [0.5, 0.6) is 0 Å². The molecule has 1 heterocycles. The van der Waals surface area contributed by atoms with Crippen LogP contribution in [0, 0.1) is 0 Å². The number of halogens is 2. The summed E-state index contributed by atoms with van der Waals surface area (Å²) in [7, 11) is -3.74. The van der Waals surface area contributed by atoms with Crippen molar-refractivity contribution in [2.45, 2.75) is 9.60 Å². The summed E-state index contributed by atoms with van der Waals surface area (Å²) in [6.07, 6.45) is 1.66. The number of benzene rings is 2. The molecule has 1 atom stereocenters. The molecule has 3 rings (SSSR count). The maximum atomic E-state index is 12.8. The maximum Gasteiger partial charge on any atom is 0.199 e. The SMILES string of the molecule is O=S(=O)(c1cccc(-c2ccccn2)c1)C(Cl)c1ccc(Cl)cc1. The van der Waals surface area contributed by atoms with Crippen LogP contribution in [-0.4, -0.2) is 13.4 Å². The van der Waals surface area contributed by atoms with Gasteiger partial charge < -0.3 is 0 Å².